The first-order valence-electron chi connectivity index (χ1n) is 7.01. The number of nitrogens with two attached hydrogens (primary N) is 1. The number of carbonyl (C=O) groups excluding carboxylic acids is 2. The van der Waals surface area contributed by atoms with Crippen LogP contribution in [0.4, 0.5) is 20.6 Å². The van der Waals surface area contributed by atoms with Gasteiger partial charge >= 0.3 is 6.03 Å². The number of rotatable bonds is 5. The number of urea groups is 1. The molecule has 0 saturated carbocycles. The number of benzene rings is 2. The second-order valence-electron chi connectivity index (χ2n) is 4.68. The van der Waals surface area contributed by atoms with Gasteiger partial charge in [0.25, 0.3) is 5.91 Å². The van der Waals surface area contributed by atoms with Crippen molar-refractivity contribution >= 4 is 23.3 Å². The number of carbonyl (C=O) groups is 2. The Hall–Kier alpha value is -2.93. The molecular weight excluding hydrogens is 299 g/mol. The minimum Gasteiger partial charge on any atom is -0.351 e. The van der Waals surface area contributed by atoms with Crippen LogP contribution in [0.1, 0.15) is 10.4 Å². The van der Waals surface area contributed by atoms with E-state index in [1.165, 1.54) is 18.2 Å². The molecule has 0 heterocycles. The summed E-state index contributed by atoms with van der Waals surface area (Å²) in [6.45, 7) is 0.657. The second-order valence-corrected chi connectivity index (χ2v) is 4.68. The van der Waals surface area contributed by atoms with E-state index in [2.05, 4.69) is 16.0 Å². The number of hydrogen-bond donors (Lipinski definition) is 4. The molecule has 2 aromatic rings. The monoisotopic (exact) mass is 316 g/mol. The molecule has 0 unspecified atom stereocenters. The topological polar surface area (TPSA) is 96.2 Å². The average Bonchev–Trinajstić information content (AvgIpc) is 2.53. The van der Waals surface area contributed by atoms with E-state index in [0.717, 1.165) is 0 Å². The van der Waals surface area contributed by atoms with Gasteiger partial charge in [-0.1, -0.05) is 18.2 Å². The van der Waals surface area contributed by atoms with Crippen LogP contribution in [-0.4, -0.2) is 25.0 Å². The number of nitrogens with one attached hydrogen (secondary N) is 3. The van der Waals surface area contributed by atoms with Crippen LogP contribution < -0.4 is 21.7 Å². The van der Waals surface area contributed by atoms with E-state index in [9.17, 15) is 14.0 Å². The van der Waals surface area contributed by atoms with E-state index in [-0.39, 0.29) is 5.91 Å². The lowest BCUT2D eigenvalue weighted by atomic mass is 10.1. The van der Waals surface area contributed by atoms with Crippen molar-refractivity contribution in [3.63, 3.8) is 0 Å². The van der Waals surface area contributed by atoms with Crippen molar-refractivity contribution in [1.82, 2.24) is 5.32 Å². The summed E-state index contributed by atoms with van der Waals surface area (Å²) < 4.78 is 13.1. The fourth-order valence-corrected chi connectivity index (χ4v) is 1.92. The molecule has 0 aromatic heterocycles. The zero-order chi connectivity index (χ0) is 16.7. The van der Waals surface area contributed by atoms with Crippen LogP contribution in [0.25, 0.3) is 0 Å². The molecule has 120 valence electrons. The molecule has 0 atom stereocenters. The predicted octanol–water partition coefficient (Wildman–Crippen LogP) is 2.16. The molecule has 0 aliphatic carbocycles. The van der Waals surface area contributed by atoms with E-state index >= 15 is 0 Å². The maximum atomic E-state index is 13.1. The van der Waals surface area contributed by atoms with Gasteiger partial charge in [-0.15, -0.1) is 0 Å². The summed E-state index contributed by atoms with van der Waals surface area (Å²) in [6.07, 6.45) is 0. The molecule has 3 amide bonds. The summed E-state index contributed by atoms with van der Waals surface area (Å²) in [5.74, 6) is -0.790. The fourth-order valence-electron chi connectivity index (χ4n) is 1.92. The highest BCUT2D eigenvalue weighted by molar-refractivity contribution is 6.06. The molecule has 2 aromatic carbocycles. The number of halogens is 1. The van der Waals surface area contributed by atoms with E-state index in [1.54, 1.807) is 30.3 Å². The SMILES string of the molecule is NCCNC(=O)c1ccccc1NC(=O)Nc1cccc(F)c1. The quantitative estimate of drug-likeness (QED) is 0.680. The molecule has 0 aliphatic heterocycles. The Kier molecular flexibility index (Phi) is 5.65. The normalized spacial score (nSPS) is 10.0. The highest BCUT2D eigenvalue weighted by Crippen LogP contribution is 2.16. The third-order valence-electron chi connectivity index (χ3n) is 2.93. The van der Waals surface area contributed by atoms with Gasteiger partial charge in [-0.3, -0.25) is 4.79 Å². The first-order chi connectivity index (χ1) is 11.1. The van der Waals surface area contributed by atoms with Gasteiger partial charge < -0.3 is 21.7 Å². The Morgan fingerprint density at radius 1 is 1.04 bits per heavy atom. The minimum atomic E-state index is -0.574. The van der Waals surface area contributed by atoms with Gasteiger partial charge in [-0.05, 0) is 30.3 Å². The molecular formula is C16H17FN4O2. The molecule has 6 nitrogen and oxygen atoms in total. The van der Waals surface area contributed by atoms with E-state index in [1.807, 2.05) is 0 Å². The van der Waals surface area contributed by atoms with Gasteiger partial charge in [0.05, 0.1) is 11.3 Å². The Morgan fingerprint density at radius 2 is 1.83 bits per heavy atom. The number of hydrogen-bond acceptors (Lipinski definition) is 3. The first-order valence-corrected chi connectivity index (χ1v) is 7.01. The fraction of sp³-hybridized carbons (Fsp3) is 0.125. The van der Waals surface area contributed by atoms with Crippen LogP contribution in [0.3, 0.4) is 0 Å². The summed E-state index contributed by atoms with van der Waals surface area (Å²) in [5, 5.41) is 7.70. The Bertz CT molecular complexity index is 706. The molecule has 0 radical (unpaired) electrons. The highest BCUT2D eigenvalue weighted by atomic mass is 19.1. The van der Waals surface area contributed by atoms with Crippen molar-refractivity contribution in [1.29, 1.82) is 0 Å². The van der Waals surface area contributed by atoms with Crippen LogP contribution in [-0.2, 0) is 0 Å². The molecule has 0 bridgehead atoms. The van der Waals surface area contributed by atoms with E-state index in [0.29, 0.717) is 30.0 Å². The lowest BCUT2D eigenvalue weighted by Crippen LogP contribution is -2.30. The maximum absolute atomic E-state index is 13.1. The average molecular weight is 316 g/mol. The summed E-state index contributed by atoms with van der Waals surface area (Å²) >= 11 is 0. The largest absolute Gasteiger partial charge is 0.351 e. The van der Waals surface area contributed by atoms with Gasteiger partial charge in [-0.2, -0.15) is 0 Å². The number of anilines is 2. The summed E-state index contributed by atoms with van der Waals surface area (Å²) in [5.41, 5.74) is 6.32. The number of amides is 3. The molecule has 0 spiro atoms. The Balaban J connectivity index is 2.07. The summed E-state index contributed by atoms with van der Waals surface area (Å²) in [4.78, 5) is 24.0. The zero-order valence-electron chi connectivity index (χ0n) is 12.3. The lowest BCUT2D eigenvalue weighted by Gasteiger charge is -2.12. The van der Waals surface area contributed by atoms with Crippen LogP contribution in [0.5, 0.6) is 0 Å². The molecule has 23 heavy (non-hydrogen) atoms. The van der Waals surface area contributed by atoms with Gasteiger partial charge in [0, 0.05) is 18.8 Å². The number of para-hydroxylation sites is 1. The van der Waals surface area contributed by atoms with Crippen molar-refractivity contribution in [2.75, 3.05) is 23.7 Å². The van der Waals surface area contributed by atoms with E-state index in [4.69, 9.17) is 5.73 Å². The van der Waals surface area contributed by atoms with E-state index < -0.39 is 11.8 Å². The Morgan fingerprint density at radius 3 is 2.57 bits per heavy atom. The molecule has 0 aliphatic rings. The summed E-state index contributed by atoms with van der Waals surface area (Å²) in [7, 11) is 0. The molecule has 0 fully saturated rings. The third-order valence-corrected chi connectivity index (χ3v) is 2.93. The van der Waals surface area contributed by atoms with Crippen LogP contribution in [0.15, 0.2) is 48.5 Å². The minimum absolute atomic E-state index is 0.313. The second kappa shape index (κ2) is 7.90. The molecule has 2 rings (SSSR count). The predicted molar refractivity (Wildman–Crippen MR) is 86.9 cm³/mol. The summed E-state index contributed by atoms with van der Waals surface area (Å²) in [6, 6.07) is 11.5. The van der Waals surface area contributed by atoms with Crippen molar-refractivity contribution in [3.05, 3.63) is 59.9 Å². The van der Waals surface area contributed by atoms with Crippen LogP contribution >= 0.6 is 0 Å². The van der Waals surface area contributed by atoms with Crippen LogP contribution in [0.2, 0.25) is 0 Å². The lowest BCUT2D eigenvalue weighted by molar-refractivity contribution is 0.0955. The zero-order valence-corrected chi connectivity index (χ0v) is 12.3. The van der Waals surface area contributed by atoms with Gasteiger partial charge in [0.2, 0.25) is 0 Å². The molecule has 7 heteroatoms. The maximum Gasteiger partial charge on any atom is 0.323 e. The third kappa shape index (κ3) is 4.79. The van der Waals surface area contributed by atoms with Crippen molar-refractivity contribution in [3.8, 4) is 0 Å². The Labute approximate surface area is 132 Å². The molecule has 5 N–H and O–H groups in total. The molecule has 0 saturated heterocycles. The van der Waals surface area contributed by atoms with Gasteiger partial charge in [-0.25, -0.2) is 9.18 Å². The smallest absolute Gasteiger partial charge is 0.323 e. The van der Waals surface area contributed by atoms with Crippen LogP contribution in [0, 0.1) is 5.82 Å². The van der Waals surface area contributed by atoms with Crippen molar-refractivity contribution in [2.45, 2.75) is 0 Å². The van der Waals surface area contributed by atoms with Gasteiger partial charge in [0.15, 0.2) is 0 Å². The standard InChI is InChI=1S/C16H17FN4O2/c17-11-4-3-5-12(10-11)20-16(23)21-14-7-2-1-6-13(14)15(22)19-9-8-18/h1-7,10H,8-9,18H2,(H,19,22)(H2,20,21,23). The first kappa shape index (κ1) is 16.4. The van der Waals surface area contributed by atoms with Gasteiger partial charge in [0.1, 0.15) is 5.82 Å². The van der Waals surface area contributed by atoms with Crippen molar-refractivity contribution < 1.29 is 14.0 Å². The highest BCUT2D eigenvalue weighted by Gasteiger charge is 2.12. The van der Waals surface area contributed by atoms with Crippen molar-refractivity contribution in [2.24, 2.45) is 5.73 Å².